The van der Waals surface area contributed by atoms with Gasteiger partial charge in [0.15, 0.2) is 0 Å². The number of imide groups is 1. The number of urea groups is 1. The van der Waals surface area contributed by atoms with Gasteiger partial charge in [0.05, 0.1) is 23.9 Å². The van der Waals surface area contributed by atoms with Crippen molar-refractivity contribution >= 4 is 50.3 Å². The van der Waals surface area contributed by atoms with Crippen LogP contribution in [0.15, 0.2) is 36.7 Å². The fourth-order valence-electron chi connectivity index (χ4n) is 5.09. The minimum Gasteiger partial charge on any atom is -0.310 e. The highest BCUT2D eigenvalue weighted by Gasteiger charge is 2.52. The maximum Gasteiger partial charge on any atom is 0.332 e. The zero-order valence-electron chi connectivity index (χ0n) is 21.4. The molecule has 10 nitrogen and oxygen atoms in total. The summed E-state index contributed by atoms with van der Waals surface area (Å²) < 4.78 is 26.3. The largest absolute Gasteiger partial charge is 0.332 e. The Hall–Kier alpha value is -3.73. The number of hydrogen-bond acceptors (Lipinski definition) is 6. The van der Waals surface area contributed by atoms with Crippen LogP contribution in [0.5, 0.6) is 0 Å². The van der Waals surface area contributed by atoms with E-state index in [-0.39, 0.29) is 18.9 Å². The lowest BCUT2D eigenvalue weighted by atomic mass is 10.0. The summed E-state index contributed by atoms with van der Waals surface area (Å²) in [5, 5.41) is 3.47. The number of benzene rings is 1. The summed E-state index contributed by atoms with van der Waals surface area (Å²) >= 11 is 0. The highest BCUT2D eigenvalue weighted by atomic mass is 32.2. The lowest BCUT2D eigenvalue weighted by molar-refractivity contribution is -0.123. The molecule has 37 heavy (non-hydrogen) atoms. The van der Waals surface area contributed by atoms with Crippen LogP contribution in [-0.4, -0.2) is 51.9 Å². The van der Waals surface area contributed by atoms with Crippen molar-refractivity contribution in [3.05, 3.63) is 53.3 Å². The molecule has 1 saturated heterocycles. The molecule has 5 rings (SSSR count). The van der Waals surface area contributed by atoms with Crippen molar-refractivity contribution < 1.29 is 22.8 Å². The topological polar surface area (TPSA) is 122 Å². The molecular weight excluding hydrogens is 494 g/mol. The Bertz CT molecular complexity index is 1590. The molecule has 4 amide bonds. The summed E-state index contributed by atoms with van der Waals surface area (Å²) in [6.45, 7) is 7.59. The Morgan fingerprint density at radius 1 is 1.11 bits per heavy atom. The van der Waals surface area contributed by atoms with Crippen molar-refractivity contribution in [3.8, 4) is 0 Å². The molecule has 1 N–H and O–H groups in total. The molecule has 0 aliphatic carbocycles. The third kappa shape index (κ3) is 4.07. The maximum absolute atomic E-state index is 13.7. The molecule has 0 spiro atoms. The SMILES string of the molecule is CC(C)Cc1cn(S(C)(=O)=O)c2cc(N3C(=O)N(Cc4ccnc5c4CC(=O)N5)C(C)(C)C3=O)ccc12. The Labute approximate surface area is 215 Å². The molecule has 3 aromatic rings. The van der Waals surface area contributed by atoms with Gasteiger partial charge in [-0.1, -0.05) is 19.9 Å². The molecule has 0 unspecified atom stereocenters. The van der Waals surface area contributed by atoms with Gasteiger partial charge < -0.3 is 10.2 Å². The standard InChI is InChI=1S/C26H29N5O5S/c1-15(2)10-17-14-30(37(5,35)36)21-11-18(6-7-19(17)21)31-24(33)26(3,4)29(25(31)34)13-16-8-9-27-23-20(16)12-22(32)28-23/h6-9,11,14-15H,10,12-13H2,1-5H3,(H,27,28,32). The third-order valence-electron chi connectivity index (χ3n) is 6.98. The number of carbonyl (C=O) groups is 3. The van der Waals surface area contributed by atoms with E-state index in [9.17, 15) is 22.8 Å². The van der Waals surface area contributed by atoms with Crippen LogP contribution in [0, 0.1) is 5.92 Å². The Morgan fingerprint density at radius 3 is 2.51 bits per heavy atom. The third-order valence-corrected chi connectivity index (χ3v) is 8.00. The van der Waals surface area contributed by atoms with Gasteiger partial charge in [-0.2, -0.15) is 0 Å². The molecular formula is C26H29N5O5S. The minimum absolute atomic E-state index is 0.119. The summed E-state index contributed by atoms with van der Waals surface area (Å²) in [7, 11) is -3.62. The second kappa shape index (κ2) is 8.41. The highest BCUT2D eigenvalue weighted by molar-refractivity contribution is 7.89. The first kappa shape index (κ1) is 24.9. The second-order valence-electron chi connectivity index (χ2n) is 10.6. The fourth-order valence-corrected chi connectivity index (χ4v) is 5.92. The van der Waals surface area contributed by atoms with Crippen molar-refractivity contribution in [2.45, 2.75) is 52.6 Å². The maximum atomic E-state index is 13.7. The van der Waals surface area contributed by atoms with E-state index in [4.69, 9.17) is 0 Å². The van der Waals surface area contributed by atoms with E-state index in [0.29, 0.717) is 34.9 Å². The van der Waals surface area contributed by atoms with Gasteiger partial charge in [0.1, 0.15) is 11.4 Å². The van der Waals surface area contributed by atoms with Gasteiger partial charge in [0.2, 0.25) is 15.9 Å². The van der Waals surface area contributed by atoms with E-state index >= 15 is 0 Å². The molecule has 4 heterocycles. The lowest BCUT2D eigenvalue weighted by Gasteiger charge is -2.28. The van der Waals surface area contributed by atoms with Gasteiger partial charge in [-0.15, -0.1) is 0 Å². The van der Waals surface area contributed by atoms with Crippen LogP contribution in [0.2, 0.25) is 0 Å². The van der Waals surface area contributed by atoms with Gasteiger partial charge in [0.25, 0.3) is 5.91 Å². The Morgan fingerprint density at radius 2 is 1.84 bits per heavy atom. The average Bonchev–Trinajstić information content (AvgIpc) is 3.40. The zero-order valence-corrected chi connectivity index (χ0v) is 22.2. The number of pyridine rings is 1. The first-order valence-corrected chi connectivity index (χ1v) is 13.9. The first-order valence-electron chi connectivity index (χ1n) is 12.1. The highest BCUT2D eigenvalue weighted by Crippen LogP contribution is 2.37. The molecule has 11 heteroatoms. The van der Waals surface area contributed by atoms with Gasteiger partial charge in [-0.05, 0) is 55.5 Å². The number of nitrogens with one attached hydrogen (secondary N) is 1. The quantitative estimate of drug-likeness (QED) is 0.495. The van der Waals surface area contributed by atoms with E-state index < -0.39 is 27.5 Å². The normalized spacial score (nSPS) is 17.3. The molecule has 2 aromatic heterocycles. The van der Waals surface area contributed by atoms with Crippen LogP contribution >= 0.6 is 0 Å². The van der Waals surface area contributed by atoms with Crippen LogP contribution in [0.25, 0.3) is 10.9 Å². The molecule has 1 fully saturated rings. The van der Waals surface area contributed by atoms with Gasteiger partial charge in [-0.3, -0.25) is 9.59 Å². The monoisotopic (exact) mass is 523 g/mol. The fraction of sp³-hybridized carbons (Fsp3) is 0.385. The first-order chi connectivity index (χ1) is 17.3. The summed E-state index contributed by atoms with van der Waals surface area (Å²) in [5.41, 5.74) is 1.89. The van der Waals surface area contributed by atoms with Crippen LogP contribution in [0.3, 0.4) is 0 Å². The second-order valence-corrected chi connectivity index (χ2v) is 12.5. The van der Waals surface area contributed by atoms with Gasteiger partial charge in [0, 0.05) is 29.9 Å². The van der Waals surface area contributed by atoms with E-state index in [0.717, 1.165) is 27.7 Å². The smallest absolute Gasteiger partial charge is 0.310 e. The number of nitrogens with zero attached hydrogens (tertiary/aromatic N) is 4. The number of hydrogen-bond donors (Lipinski definition) is 1. The molecule has 194 valence electrons. The summed E-state index contributed by atoms with van der Waals surface area (Å²) in [4.78, 5) is 45.9. The molecule has 1 aromatic carbocycles. The van der Waals surface area contributed by atoms with Gasteiger partial charge in [-0.25, -0.2) is 27.1 Å². The van der Waals surface area contributed by atoms with Crippen molar-refractivity contribution in [1.82, 2.24) is 13.9 Å². The number of carbonyl (C=O) groups excluding carboxylic acids is 3. The lowest BCUT2D eigenvalue weighted by Crippen LogP contribution is -2.43. The molecule has 0 atom stereocenters. The van der Waals surface area contributed by atoms with Gasteiger partial charge >= 0.3 is 6.03 Å². The predicted molar refractivity (Wildman–Crippen MR) is 140 cm³/mol. The number of rotatable bonds is 6. The molecule has 0 bridgehead atoms. The summed E-state index contributed by atoms with van der Waals surface area (Å²) in [6, 6.07) is 6.27. The van der Waals surface area contributed by atoms with Crippen molar-refractivity contribution in [2.75, 3.05) is 16.5 Å². The van der Waals surface area contributed by atoms with Crippen molar-refractivity contribution in [3.63, 3.8) is 0 Å². The van der Waals surface area contributed by atoms with E-state index in [1.54, 1.807) is 50.5 Å². The number of anilines is 2. The van der Waals surface area contributed by atoms with E-state index in [1.807, 2.05) is 0 Å². The molecule has 0 radical (unpaired) electrons. The molecule has 2 aliphatic rings. The Balaban J connectivity index is 1.56. The van der Waals surface area contributed by atoms with Crippen LogP contribution < -0.4 is 10.2 Å². The predicted octanol–water partition coefficient (Wildman–Crippen LogP) is 3.28. The summed E-state index contributed by atoms with van der Waals surface area (Å²) in [5.74, 6) is 0.198. The number of amides is 4. The van der Waals surface area contributed by atoms with Crippen LogP contribution in [0.4, 0.5) is 16.3 Å². The average molecular weight is 524 g/mol. The van der Waals surface area contributed by atoms with Crippen LogP contribution in [0.1, 0.15) is 44.4 Å². The van der Waals surface area contributed by atoms with Crippen molar-refractivity contribution in [2.24, 2.45) is 5.92 Å². The minimum atomic E-state index is -3.62. The zero-order chi connectivity index (χ0) is 26.9. The Kier molecular flexibility index (Phi) is 5.67. The molecule has 0 saturated carbocycles. The number of fused-ring (bicyclic) bond motifs is 2. The molecule has 2 aliphatic heterocycles. The number of aromatic nitrogens is 2. The van der Waals surface area contributed by atoms with E-state index in [2.05, 4.69) is 24.1 Å². The van der Waals surface area contributed by atoms with Crippen LogP contribution in [-0.2, 0) is 39.0 Å². The van der Waals surface area contributed by atoms with Crippen molar-refractivity contribution in [1.29, 1.82) is 0 Å². The van der Waals surface area contributed by atoms with E-state index in [1.165, 1.54) is 8.87 Å². The summed E-state index contributed by atoms with van der Waals surface area (Å²) in [6.07, 6.45) is 5.16.